The standard InChI is InChI=1S/C9H9N5O3/c1-2-11-9(15)6-3-4-8(14(16)17)7(5-6)12-13-10/h3-5H,2H2,1H3,(H,11,15). The lowest BCUT2D eigenvalue weighted by Crippen LogP contribution is -2.22. The topological polar surface area (TPSA) is 121 Å². The molecule has 17 heavy (non-hydrogen) atoms. The van der Waals surface area contributed by atoms with E-state index in [1.165, 1.54) is 12.1 Å². The molecule has 1 aromatic rings. The Kier molecular flexibility index (Phi) is 4.02. The van der Waals surface area contributed by atoms with Gasteiger partial charge in [0.15, 0.2) is 0 Å². The second-order valence-electron chi connectivity index (χ2n) is 3.01. The average molecular weight is 235 g/mol. The van der Waals surface area contributed by atoms with Crippen LogP contribution >= 0.6 is 0 Å². The Morgan fingerprint density at radius 2 is 2.35 bits per heavy atom. The van der Waals surface area contributed by atoms with E-state index >= 15 is 0 Å². The number of nitro groups is 1. The molecule has 1 N–H and O–H groups in total. The molecule has 1 aromatic carbocycles. The van der Waals surface area contributed by atoms with E-state index in [0.29, 0.717) is 6.54 Å². The van der Waals surface area contributed by atoms with E-state index in [1.807, 2.05) is 0 Å². The van der Waals surface area contributed by atoms with Gasteiger partial charge in [-0.15, -0.1) is 0 Å². The van der Waals surface area contributed by atoms with Gasteiger partial charge in [-0.1, -0.05) is 5.11 Å². The van der Waals surface area contributed by atoms with Crippen molar-refractivity contribution in [1.82, 2.24) is 5.32 Å². The summed E-state index contributed by atoms with van der Waals surface area (Å²) < 4.78 is 0. The molecule has 0 unspecified atom stereocenters. The number of hydrogen-bond donors (Lipinski definition) is 1. The van der Waals surface area contributed by atoms with E-state index in [1.54, 1.807) is 6.92 Å². The minimum absolute atomic E-state index is 0.179. The molecule has 8 heteroatoms. The van der Waals surface area contributed by atoms with Crippen LogP contribution in [0.25, 0.3) is 10.4 Å². The highest BCUT2D eigenvalue weighted by molar-refractivity contribution is 5.95. The van der Waals surface area contributed by atoms with Crippen molar-refractivity contribution in [1.29, 1.82) is 0 Å². The third-order valence-corrected chi connectivity index (χ3v) is 1.92. The fraction of sp³-hybridized carbons (Fsp3) is 0.222. The van der Waals surface area contributed by atoms with E-state index < -0.39 is 4.92 Å². The zero-order chi connectivity index (χ0) is 12.8. The van der Waals surface area contributed by atoms with Gasteiger partial charge in [0.1, 0.15) is 5.69 Å². The van der Waals surface area contributed by atoms with Crippen LogP contribution < -0.4 is 5.32 Å². The summed E-state index contributed by atoms with van der Waals surface area (Å²) in [5.41, 5.74) is 7.99. The van der Waals surface area contributed by atoms with Crippen LogP contribution in [0.15, 0.2) is 23.3 Å². The van der Waals surface area contributed by atoms with Crippen molar-refractivity contribution in [3.63, 3.8) is 0 Å². The Labute approximate surface area is 96.0 Å². The normalized spacial score (nSPS) is 9.24. The maximum atomic E-state index is 11.5. The van der Waals surface area contributed by atoms with Gasteiger partial charge in [0.05, 0.1) is 4.92 Å². The van der Waals surface area contributed by atoms with Crippen molar-refractivity contribution in [2.24, 2.45) is 5.11 Å². The highest BCUT2D eigenvalue weighted by atomic mass is 16.6. The maximum absolute atomic E-state index is 11.5. The maximum Gasteiger partial charge on any atom is 0.279 e. The summed E-state index contributed by atoms with van der Waals surface area (Å²) in [5.74, 6) is -0.378. The molecule has 8 nitrogen and oxygen atoms in total. The number of amides is 1. The third kappa shape index (κ3) is 2.93. The lowest BCUT2D eigenvalue weighted by Gasteiger charge is -2.03. The number of benzene rings is 1. The Morgan fingerprint density at radius 3 is 2.88 bits per heavy atom. The van der Waals surface area contributed by atoms with Gasteiger partial charge >= 0.3 is 0 Å². The first kappa shape index (κ1) is 12.5. The van der Waals surface area contributed by atoms with Gasteiger partial charge in [-0.05, 0) is 24.6 Å². The van der Waals surface area contributed by atoms with Crippen LogP contribution in [0, 0.1) is 10.1 Å². The molecule has 0 heterocycles. The molecule has 1 rings (SSSR count). The summed E-state index contributed by atoms with van der Waals surface area (Å²) in [7, 11) is 0. The first-order chi connectivity index (χ1) is 8.10. The first-order valence-corrected chi connectivity index (χ1v) is 4.72. The number of azide groups is 1. The fourth-order valence-electron chi connectivity index (χ4n) is 1.21. The average Bonchev–Trinajstić information content (AvgIpc) is 2.29. The van der Waals surface area contributed by atoms with E-state index in [0.717, 1.165) is 6.07 Å². The molecule has 0 radical (unpaired) electrons. The predicted octanol–water partition coefficient (Wildman–Crippen LogP) is 2.29. The lowest BCUT2D eigenvalue weighted by atomic mass is 10.1. The van der Waals surface area contributed by atoms with Gasteiger partial charge < -0.3 is 5.32 Å². The second kappa shape index (κ2) is 5.47. The number of hydrogen-bond acceptors (Lipinski definition) is 4. The Bertz CT molecular complexity index is 507. The minimum Gasteiger partial charge on any atom is -0.352 e. The van der Waals surface area contributed by atoms with Crippen LogP contribution in [0.5, 0.6) is 0 Å². The van der Waals surface area contributed by atoms with Crippen molar-refractivity contribution >= 4 is 17.3 Å². The zero-order valence-electron chi connectivity index (χ0n) is 8.95. The van der Waals surface area contributed by atoms with Crippen LogP contribution in [-0.4, -0.2) is 17.4 Å². The number of carbonyl (C=O) groups is 1. The van der Waals surface area contributed by atoms with E-state index in [9.17, 15) is 14.9 Å². The summed E-state index contributed by atoms with van der Waals surface area (Å²) in [4.78, 5) is 23.9. The molecule has 1 amide bonds. The molecule has 0 saturated heterocycles. The predicted molar refractivity (Wildman–Crippen MR) is 59.9 cm³/mol. The molecule has 0 bridgehead atoms. The van der Waals surface area contributed by atoms with Gasteiger partial charge in [0, 0.05) is 23.1 Å². The molecule has 0 aliphatic rings. The lowest BCUT2D eigenvalue weighted by molar-refractivity contribution is -0.384. The minimum atomic E-state index is -0.675. The van der Waals surface area contributed by atoms with E-state index in [2.05, 4.69) is 15.3 Å². The number of nitrogens with zero attached hydrogens (tertiary/aromatic N) is 4. The smallest absolute Gasteiger partial charge is 0.279 e. The van der Waals surface area contributed by atoms with Crippen LogP contribution in [0.2, 0.25) is 0 Å². The van der Waals surface area contributed by atoms with E-state index in [-0.39, 0.29) is 22.8 Å². The summed E-state index contributed by atoms with van der Waals surface area (Å²) >= 11 is 0. The van der Waals surface area contributed by atoms with Crippen molar-refractivity contribution < 1.29 is 9.72 Å². The zero-order valence-corrected chi connectivity index (χ0v) is 8.95. The third-order valence-electron chi connectivity index (χ3n) is 1.92. The van der Waals surface area contributed by atoms with Crippen LogP contribution in [0.1, 0.15) is 17.3 Å². The molecule has 0 atom stereocenters. The summed E-state index contributed by atoms with van der Waals surface area (Å²) in [6, 6.07) is 3.62. The summed E-state index contributed by atoms with van der Waals surface area (Å²) in [6.45, 7) is 2.18. The van der Waals surface area contributed by atoms with Gasteiger partial charge in [-0.2, -0.15) is 0 Å². The molecule has 0 spiro atoms. The van der Waals surface area contributed by atoms with Gasteiger partial charge in [0.25, 0.3) is 11.6 Å². The summed E-state index contributed by atoms with van der Waals surface area (Å²) in [6.07, 6.45) is 0. The Balaban J connectivity index is 3.22. The quantitative estimate of drug-likeness (QED) is 0.283. The molecule has 0 fully saturated rings. The molecule has 88 valence electrons. The Morgan fingerprint density at radius 1 is 1.65 bits per heavy atom. The molecule has 0 aliphatic carbocycles. The summed E-state index contributed by atoms with van der Waals surface area (Å²) in [5, 5.41) is 16.4. The first-order valence-electron chi connectivity index (χ1n) is 4.72. The van der Waals surface area contributed by atoms with Crippen molar-refractivity contribution in [2.75, 3.05) is 6.54 Å². The second-order valence-corrected chi connectivity index (χ2v) is 3.01. The van der Waals surface area contributed by atoms with Gasteiger partial charge in [-0.3, -0.25) is 14.9 Å². The molecular weight excluding hydrogens is 226 g/mol. The van der Waals surface area contributed by atoms with Crippen molar-refractivity contribution in [2.45, 2.75) is 6.92 Å². The van der Waals surface area contributed by atoms with Crippen LogP contribution in [0.3, 0.4) is 0 Å². The highest BCUT2D eigenvalue weighted by Crippen LogP contribution is 2.28. The molecule has 0 aliphatic heterocycles. The largest absolute Gasteiger partial charge is 0.352 e. The fourth-order valence-corrected chi connectivity index (χ4v) is 1.21. The number of nitrogens with one attached hydrogen (secondary N) is 1. The molecule has 0 saturated carbocycles. The number of rotatable bonds is 4. The van der Waals surface area contributed by atoms with Gasteiger partial charge in [0.2, 0.25) is 0 Å². The SMILES string of the molecule is CCNC(=O)c1ccc([N+](=O)[O-])c(N=[N+]=[N-])c1. The van der Waals surface area contributed by atoms with Crippen molar-refractivity contribution in [3.8, 4) is 0 Å². The molecule has 0 aromatic heterocycles. The van der Waals surface area contributed by atoms with E-state index in [4.69, 9.17) is 5.53 Å². The number of carbonyl (C=O) groups excluding carboxylic acids is 1. The monoisotopic (exact) mass is 235 g/mol. The number of nitro benzene ring substituents is 1. The van der Waals surface area contributed by atoms with Crippen LogP contribution in [0.4, 0.5) is 11.4 Å². The van der Waals surface area contributed by atoms with Gasteiger partial charge in [-0.25, -0.2) is 0 Å². The van der Waals surface area contributed by atoms with Crippen LogP contribution in [-0.2, 0) is 0 Å². The highest BCUT2D eigenvalue weighted by Gasteiger charge is 2.15. The molecular formula is C9H9N5O3. The Hall–Kier alpha value is -2.60. The van der Waals surface area contributed by atoms with Crippen molar-refractivity contribution in [3.05, 3.63) is 44.3 Å².